The Labute approximate surface area is 62.3 Å². The van der Waals surface area contributed by atoms with Crippen molar-refractivity contribution in [2.24, 2.45) is 5.92 Å². The van der Waals surface area contributed by atoms with Gasteiger partial charge in [-0.2, -0.15) is 0 Å². The molecule has 0 aliphatic rings. The van der Waals surface area contributed by atoms with Crippen LogP contribution in [0, 0.1) is 5.92 Å². The first kappa shape index (κ1) is 15.7. The van der Waals surface area contributed by atoms with Crippen LogP contribution < -0.4 is 12.4 Å². The molecule has 0 rings (SSSR count). The molecule has 0 saturated carbocycles. The van der Waals surface area contributed by atoms with Crippen molar-refractivity contribution in [3.8, 4) is 0 Å². The summed E-state index contributed by atoms with van der Waals surface area (Å²) >= 11 is 0. The normalized spacial score (nSPS) is 6.00. The summed E-state index contributed by atoms with van der Waals surface area (Å²) in [7, 11) is 0. The fourth-order valence-corrected chi connectivity index (χ4v) is 0. The third kappa shape index (κ3) is 74.6. The minimum atomic E-state index is 0. The van der Waals surface area contributed by atoms with E-state index < -0.39 is 0 Å². The maximum Gasteiger partial charge on any atom is 2.00 e. The predicted molar refractivity (Wildman–Crippen MR) is 26.3 cm³/mol. The zero-order valence-corrected chi connectivity index (χ0v) is 6.83. The van der Waals surface area contributed by atoms with Gasteiger partial charge in [0, 0.05) is 0 Å². The minimum absolute atomic E-state index is 0. The minimum Gasteiger partial charge on any atom is -1.00 e. The van der Waals surface area contributed by atoms with Crippen LogP contribution in [0.15, 0.2) is 0 Å². The molecule has 0 aromatic carbocycles. The Morgan fingerprint density at radius 2 is 1.00 bits per heavy atom. The maximum absolute atomic E-state index is 2.17. The van der Waals surface area contributed by atoms with Gasteiger partial charge < -0.3 is 12.4 Å². The Balaban J connectivity index is -0.0000000450. The average molecular weight is 118 g/mol. The molecule has 0 atom stereocenters. The monoisotopic (exact) mass is 117 g/mol. The van der Waals surface area contributed by atoms with Crippen LogP contribution in [-0.2, 0) is 0 Å². The molecule has 0 amide bonds. The van der Waals surface area contributed by atoms with E-state index in [1.165, 1.54) is 0 Å². The van der Waals surface area contributed by atoms with E-state index in [0.29, 0.717) is 0 Å². The summed E-state index contributed by atoms with van der Waals surface area (Å²) in [6.45, 7) is 6.50. The van der Waals surface area contributed by atoms with Crippen LogP contribution in [0.2, 0.25) is 0 Å². The molecular weight excluding hydrogens is 108 g/mol. The number of hydrogen-bond acceptors (Lipinski definition) is 0. The molecule has 0 aromatic heterocycles. The summed E-state index contributed by atoms with van der Waals surface area (Å²) in [6, 6.07) is 0. The molecule has 6 heavy (non-hydrogen) atoms. The van der Waals surface area contributed by atoms with Crippen molar-refractivity contribution >= 4 is 23.1 Å². The van der Waals surface area contributed by atoms with Gasteiger partial charge in [-0.15, -0.1) is 0 Å². The first-order chi connectivity index (χ1) is 1.73. The van der Waals surface area contributed by atoms with Crippen LogP contribution in [0.4, 0.5) is 0 Å². The fraction of sp³-hybridized carbons (Fsp3) is 1.00. The van der Waals surface area contributed by atoms with E-state index in [9.17, 15) is 0 Å². The number of halogens is 1. The van der Waals surface area contributed by atoms with Crippen LogP contribution in [0.1, 0.15) is 20.8 Å². The fourth-order valence-electron chi connectivity index (χ4n) is 0. The maximum atomic E-state index is 2.17. The van der Waals surface area contributed by atoms with Crippen molar-refractivity contribution in [2.45, 2.75) is 20.8 Å². The molecule has 0 bridgehead atoms. The van der Waals surface area contributed by atoms with E-state index in [1.807, 2.05) is 0 Å². The Hall–Kier alpha value is 1.06. The van der Waals surface area contributed by atoms with Crippen LogP contribution >= 0.6 is 0 Å². The summed E-state index contributed by atoms with van der Waals surface area (Å²) in [5.41, 5.74) is 0. The largest absolute Gasteiger partial charge is 2.00 e. The van der Waals surface area contributed by atoms with Crippen LogP contribution in [-0.4, -0.2) is 23.1 Å². The predicted octanol–water partition coefficient (Wildman–Crippen LogP) is -1.71. The topological polar surface area (TPSA) is 0 Å². The zero-order chi connectivity index (χ0) is 3.58. The van der Waals surface area contributed by atoms with E-state index in [4.69, 9.17) is 0 Å². The Bertz CT molecular complexity index is 12.3. The van der Waals surface area contributed by atoms with E-state index >= 15 is 0 Å². The van der Waals surface area contributed by atoms with Crippen molar-refractivity contribution < 1.29 is 12.4 Å². The van der Waals surface area contributed by atoms with Crippen LogP contribution in [0.3, 0.4) is 0 Å². The third-order valence-corrected chi connectivity index (χ3v) is 0. The molecule has 0 N–H and O–H groups in total. The summed E-state index contributed by atoms with van der Waals surface area (Å²) in [6.07, 6.45) is 0. The van der Waals surface area contributed by atoms with Gasteiger partial charge in [-0.25, -0.2) is 0 Å². The number of hydrogen-bond donors (Lipinski definition) is 0. The summed E-state index contributed by atoms with van der Waals surface area (Å²) in [4.78, 5) is 0. The SMILES string of the molecule is CC(C)C.[Cl-].[Mg+2]. The Kier molecular flexibility index (Phi) is 24.7. The van der Waals surface area contributed by atoms with Crippen LogP contribution in [0.5, 0.6) is 0 Å². The van der Waals surface area contributed by atoms with Gasteiger partial charge >= 0.3 is 23.1 Å². The van der Waals surface area contributed by atoms with Gasteiger partial charge in [-0.3, -0.25) is 0 Å². The van der Waals surface area contributed by atoms with Gasteiger partial charge in [0.05, 0.1) is 0 Å². The van der Waals surface area contributed by atoms with E-state index in [-0.39, 0.29) is 35.5 Å². The van der Waals surface area contributed by atoms with Crippen molar-refractivity contribution in [1.29, 1.82) is 0 Å². The van der Waals surface area contributed by atoms with Gasteiger partial charge in [0.25, 0.3) is 0 Å². The van der Waals surface area contributed by atoms with Crippen molar-refractivity contribution in [3.63, 3.8) is 0 Å². The molecule has 0 saturated heterocycles. The molecule has 0 spiro atoms. The van der Waals surface area contributed by atoms with E-state index in [1.54, 1.807) is 0 Å². The second-order valence-electron chi connectivity index (χ2n) is 1.73. The van der Waals surface area contributed by atoms with Gasteiger partial charge in [-0.05, 0) is 5.92 Å². The smallest absolute Gasteiger partial charge is 1.00 e. The molecule has 0 nitrogen and oxygen atoms in total. The molecule has 0 aliphatic carbocycles. The van der Waals surface area contributed by atoms with Gasteiger partial charge in [0.2, 0.25) is 0 Å². The van der Waals surface area contributed by atoms with Gasteiger partial charge in [0.15, 0.2) is 0 Å². The second kappa shape index (κ2) is 9.41. The quantitative estimate of drug-likeness (QED) is 0.332. The van der Waals surface area contributed by atoms with Crippen molar-refractivity contribution in [2.75, 3.05) is 0 Å². The Morgan fingerprint density at radius 3 is 1.00 bits per heavy atom. The first-order valence-electron chi connectivity index (χ1n) is 1.73. The molecule has 0 heterocycles. The molecule has 34 valence electrons. The molecule has 0 fully saturated rings. The summed E-state index contributed by atoms with van der Waals surface area (Å²) < 4.78 is 0. The molecule has 0 aliphatic heterocycles. The molecule has 0 aromatic rings. The van der Waals surface area contributed by atoms with Gasteiger partial charge in [-0.1, -0.05) is 20.8 Å². The third-order valence-electron chi connectivity index (χ3n) is 0. The van der Waals surface area contributed by atoms with E-state index in [0.717, 1.165) is 5.92 Å². The molecular formula is C4H10ClMg+. The van der Waals surface area contributed by atoms with Crippen LogP contribution in [0.25, 0.3) is 0 Å². The summed E-state index contributed by atoms with van der Waals surface area (Å²) in [5, 5.41) is 0. The summed E-state index contributed by atoms with van der Waals surface area (Å²) in [5.74, 6) is 0.833. The number of rotatable bonds is 0. The zero-order valence-electron chi connectivity index (χ0n) is 4.66. The second-order valence-corrected chi connectivity index (χ2v) is 1.73. The van der Waals surface area contributed by atoms with Gasteiger partial charge in [0.1, 0.15) is 0 Å². The van der Waals surface area contributed by atoms with Crippen molar-refractivity contribution in [3.05, 3.63) is 0 Å². The van der Waals surface area contributed by atoms with Crippen molar-refractivity contribution in [1.82, 2.24) is 0 Å². The molecule has 2 heteroatoms. The average Bonchev–Trinajstić information content (AvgIpc) is 0.811. The Morgan fingerprint density at radius 1 is 1.00 bits per heavy atom. The standard InChI is InChI=1S/C4H10.ClH.Mg/c1-4(2)3;;/h4H,1-3H3;1H;/q;;+2/p-1. The molecule has 0 radical (unpaired) electrons. The molecule has 0 unspecified atom stereocenters. The first-order valence-corrected chi connectivity index (χ1v) is 1.73. The van der Waals surface area contributed by atoms with E-state index in [2.05, 4.69) is 20.8 Å².